The van der Waals surface area contributed by atoms with Gasteiger partial charge in [-0.25, -0.2) is 24.4 Å². The number of hydrogen-bond acceptors (Lipinski definition) is 16. The summed E-state index contributed by atoms with van der Waals surface area (Å²) in [4.78, 5) is 109. The second-order valence-electron chi connectivity index (χ2n) is 43.6. The van der Waals surface area contributed by atoms with E-state index in [4.69, 9.17) is 62.5 Å². The maximum atomic E-state index is 16.2. The molecule has 0 aliphatic carbocycles. The third-order valence-electron chi connectivity index (χ3n) is 31.5. The molecule has 18 heteroatoms. The van der Waals surface area contributed by atoms with Gasteiger partial charge in [-0.1, -0.05) is 578 Å². The maximum absolute atomic E-state index is 16.2. The van der Waals surface area contributed by atoms with Crippen LogP contribution in [-0.4, -0.2) is 85.2 Å². The Balaban J connectivity index is 0.00000991. The van der Waals surface area contributed by atoms with E-state index in [0.29, 0.717) is 81.1 Å². The van der Waals surface area contributed by atoms with E-state index in [2.05, 4.69) is 76.2 Å². The monoisotopic (exact) mass is 2080 g/mol. The van der Waals surface area contributed by atoms with Gasteiger partial charge in [-0.3, -0.25) is 19.7 Å². The molecule has 3 aliphatic heterocycles. The number of rotatable bonds is 80. The molecule has 0 N–H and O–H groups in total. The number of esters is 4. The van der Waals surface area contributed by atoms with Gasteiger partial charge in [0.05, 0.1) is 60.5 Å². The van der Waals surface area contributed by atoms with Crippen LogP contribution >= 0.6 is 0 Å². The number of carbonyl (C=O) groups excluding carboxylic acids is 4. The van der Waals surface area contributed by atoms with Crippen LogP contribution in [0.3, 0.4) is 0 Å². The van der Waals surface area contributed by atoms with Crippen LogP contribution in [0.1, 0.15) is 531 Å². The molecule has 8 bridgehead atoms. The Bertz CT molecular complexity index is 5920. The molecule has 0 radical (unpaired) electrons. The summed E-state index contributed by atoms with van der Waals surface area (Å²) >= 11 is 1.06. The van der Waals surface area contributed by atoms with Crippen molar-refractivity contribution in [1.82, 2.24) is 39.9 Å². The molecule has 10 aromatic rings. The molecule has 0 saturated heterocycles. The van der Waals surface area contributed by atoms with Crippen LogP contribution < -0.4 is 4.98 Å². The zero-order chi connectivity index (χ0) is 105. The Morgan fingerprint density at radius 1 is 0.240 bits per heavy atom. The summed E-state index contributed by atoms with van der Waals surface area (Å²) in [7, 11) is 0. The minimum absolute atomic E-state index is 0.0214. The zero-order valence-corrected chi connectivity index (χ0v) is 94.4. The summed E-state index contributed by atoms with van der Waals surface area (Å²) in [5.41, 5.74) is 3.50. The number of aromatic nitrogens is 8. The third-order valence-corrected chi connectivity index (χ3v) is 31.5. The van der Waals surface area contributed by atoms with E-state index in [0.717, 1.165) is 116 Å². The Kier molecular flexibility index (Phi) is 56.1. The molecule has 0 spiro atoms. The fourth-order valence-electron chi connectivity index (χ4n) is 22.7. The van der Waals surface area contributed by atoms with E-state index in [1.807, 2.05) is 72.8 Å². The van der Waals surface area contributed by atoms with Gasteiger partial charge in [-0.2, -0.15) is 0 Å². The Labute approximate surface area is 910 Å². The predicted molar refractivity (Wildman–Crippen MR) is 619 cm³/mol. The van der Waals surface area contributed by atoms with Gasteiger partial charge in [0, 0.05) is 45.0 Å². The summed E-state index contributed by atoms with van der Waals surface area (Å²) in [6, 6.07) is 39.5. The second kappa shape index (κ2) is 70.7. The van der Waals surface area contributed by atoms with Crippen molar-refractivity contribution in [3.05, 3.63) is 144 Å². The molecule has 17 nitrogen and oxygen atoms in total. The first kappa shape index (κ1) is 119. The van der Waals surface area contributed by atoms with Gasteiger partial charge in [0.15, 0.2) is 5.82 Å². The van der Waals surface area contributed by atoms with E-state index in [1.54, 1.807) is 0 Å². The average Bonchev–Trinajstić information content (AvgIpc) is 1.54. The molecule has 5 heterocycles. The van der Waals surface area contributed by atoms with E-state index in [1.165, 1.54) is 360 Å². The molecule has 0 saturated carbocycles. The summed E-state index contributed by atoms with van der Waals surface area (Å²) in [5, 5.41) is 5.85. The first-order valence-electron chi connectivity index (χ1n) is 61.0. The summed E-state index contributed by atoms with van der Waals surface area (Å²) in [6.45, 7) is 9.71. The molecule has 811 valence electrons. The van der Waals surface area contributed by atoms with Gasteiger partial charge in [-0.15, -0.1) is 0 Å². The van der Waals surface area contributed by atoms with Gasteiger partial charge in [0.1, 0.15) is 5.82 Å². The first-order valence-corrected chi connectivity index (χ1v) is 61.6. The van der Waals surface area contributed by atoms with Crippen LogP contribution in [0.5, 0.6) is 0 Å². The van der Waals surface area contributed by atoms with Crippen molar-refractivity contribution in [2.24, 2.45) is 0 Å². The summed E-state index contributed by atoms with van der Waals surface area (Å²) in [5.74, 6) is -1.42. The van der Waals surface area contributed by atoms with Crippen LogP contribution in [0.4, 0.5) is 0 Å². The number of ether oxygens (including phenoxy) is 4. The molecule has 13 rings (SSSR count). The van der Waals surface area contributed by atoms with E-state index in [-0.39, 0.29) is 105 Å². The van der Waals surface area contributed by atoms with E-state index in [9.17, 15) is 0 Å². The van der Waals surface area contributed by atoms with E-state index < -0.39 is 23.9 Å². The number of fused-ring (bicyclic) bond motifs is 24. The number of hydrogen-bond donors (Lipinski definition) is 0. The van der Waals surface area contributed by atoms with Crippen LogP contribution in [0.25, 0.3) is 133 Å². The molecule has 0 fully saturated rings. The Morgan fingerprint density at radius 3 is 0.793 bits per heavy atom. The van der Waals surface area contributed by atoms with Crippen LogP contribution in [0.15, 0.2) is 121 Å². The molecule has 0 atom stereocenters. The van der Waals surface area contributed by atoms with Crippen molar-refractivity contribution in [1.29, 1.82) is 0 Å². The van der Waals surface area contributed by atoms with E-state index >= 15 is 19.2 Å². The molecule has 0 unspecified atom stereocenters. The molecular weight excluding hydrogens is 1890 g/mol. The first-order chi connectivity index (χ1) is 74.2. The Morgan fingerprint density at radius 2 is 0.473 bits per heavy atom. The molecule has 2 aromatic heterocycles. The van der Waals surface area contributed by atoms with Crippen molar-refractivity contribution in [2.45, 2.75) is 490 Å². The van der Waals surface area contributed by atoms with Gasteiger partial charge >= 0.3 is 44.9 Å². The second-order valence-corrected chi connectivity index (χ2v) is 43.6. The molecule has 0 amide bonds. The summed E-state index contributed by atoms with van der Waals surface area (Å²) in [6.07, 6.45) is 88.6. The third kappa shape index (κ3) is 38.0. The van der Waals surface area contributed by atoms with Crippen molar-refractivity contribution in [3.8, 4) is 68.3 Å². The van der Waals surface area contributed by atoms with Crippen molar-refractivity contribution < 1.29 is 59.2 Å². The normalized spacial score (nSPS) is 11.8. The fourth-order valence-corrected chi connectivity index (χ4v) is 22.7. The number of unbranched alkanes of at least 4 members (excludes halogenated alkanes) is 68. The summed E-state index contributed by atoms with van der Waals surface area (Å²) < 4.78 is 34.6. The quantitative estimate of drug-likeness (QED) is 0.0149. The SMILES string of the molecule is CCCCCCCCCCCCCCCCCCCCOC(=O)c1c2c(c(C(=O)OCCCCCCCCCCCCCCCCCCCC)c3ccccc13)-c1nc-2nc2n[c-](nc3nc(nc4nc([n-]1)-c1cc5ccccc5cc1-4)-c1cc4ccccc4cc1-3)c1c(C(=O)OCCCCCCCCCCCCCCCCCCCC)c3ccccc3c(C(=O)OCCCCCCCCCCCCCCCCCCCC)c21.[O]=[V+2]. The minimum atomic E-state index is -0.638. The van der Waals surface area contributed by atoms with Crippen LogP contribution in [-0.2, 0) is 40.0 Å². The molecule has 8 aromatic carbocycles. The van der Waals surface area contributed by atoms with Gasteiger partial charge in [-0.05, 0) is 98.1 Å². The Hall–Kier alpha value is -9.58. The standard InChI is InChI=1S/C132H184N8O8.O.V/c1-5-9-13-17-21-25-29-33-37-41-45-49-53-57-61-65-69-81-93-145-129(141)113-105-89-77-79-91-107(105)115(131(143)147-95-83-71-67-63-59-55-51-47-43-39-35-31-27-23-19-15-11-7-3)119-117(113)125-136-123-111-99-103-87-75-73-85-101(103)97-109(111)121(134-123)133-122-110-98-102-86-74-76-88-104(102)100-112(110)124(135-122)137-126-118-114(130(142)146-94-82-70-66-62-58-54-50-46-42-38-34-30-26-22-18-14-10-6-2)106-90-78-80-92-108(106)116(120(118)128(139-126)140-127(119)138-125)132(144)148-96-84-72-68-64-60-56-52-48-44-40-36-32-28-24-20-16-12-8-4;;/h73-80,85-92,97-100H,5-72,81-84,93-96H2,1-4H3;;/q-2;;+2. The predicted octanol–water partition coefficient (Wildman–Crippen LogP) is 39.5. The fraction of sp³-hybridized carbons (Fsp3) is 0.606. The number of carbonyl (C=O) groups is 4. The van der Waals surface area contributed by atoms with Crippen molar-refractivity contribution >= 4 is 89.0 Å². The van der Waals surface area contributed by atoms with Gasteiger partial charge in [0.25, 0.3) is 0 Å². The topological polar surface area (TPSA) is 227 Å². The average molecular weight is 2080 g/mol. The van der Waals surface area contributed by atoms with Gasteiger partial charge < -0.3 is 33.9 Å². The molecule has 150 heavy (non-hydrogen) atoms. The van der Waals surface area contributed by atoms with Crippen LogP contribution in [0, 0.1) is 0 Å². The van der Waals surface area contributed by atoms with Gasteiger partial charge in [0.2, 0.25) is 0 Å². The van der Waals surface area contributed by atoms with Crippen molar-refractivity contribution in [2.75, 3.05) is 26.4 Å². The number of nitrogens with zero attached hydrogens (tertiary/aromatic N) is 8. The van der Waals surface area contributed by atoms with Crippen LogP contribution in [0.2, 0.25) is 0 Å². The molecular formula is C132H184N8O9V. The zero-order valence-electron chi connectivity index (χ0n) is 93.0. The molecule has 3 aliphatic rings. The number of benzene rings is 8. The van der Waals surface area contributed by atoms with Crippen molar-refractivity contribution in [3.63, 3.8) is 0 Å².